The number of nitrogens with zero attached hydrogens (tertiary/aromatic N) is 3. The van der Waals surface area contributed by atoms with Gasteiger partial charge in [0.05, 0.1) is 0 Å². The summed E-state index contributed by atoms with van der Waals surface area (Å²) in [5, 5.41) is 11.1. The van der Waals surface area contributed by atoms with Crippen LogP contribution in [0.5, 0.6) is 0 Å². The van der Waals surface area contributed by atoms with Gasteiger partial charge in [0.2, 0.25) is 0 Å². The van der Waals surface area contributed by atoms with E-state index in [1.54, 1.807) is 0 Å². The number of rotatable bonds is 4. The van der Waals surface area contributed by atoms with Gasteiger partial charge in [0, 0.05) is 38.2 Å². The lowest BCUT2D eigenvalue weighted by Gasteiger charge is -2.14. The maximum Gasteiger partial charge on any atom is 0.164 e. The highest BCUT2D eigenvalue weighted by Gasteiger charge is 2.19. The highest BCUT2D eigenvalue weighted by Crippen LogP contribution is 2.42. The molecule has 0 aliphatic heterocycles. The van der Waals surface area contributed by atoms with E-state index >= 15 is 0 Å². The van der Waals surface area contributed by atoms with E-state index in [2.05, 4.69) is 146 Å². The Morgan fingerprint density at radius 2 is 0.821 bits per heavy atom. The first-order chi connectivity index (χ1) is 27.7. The molecule has 0 fully saturated rings. The minimum absolute atomic E-state index is 0.604. The molecule has 12 rings (SSSR count). The van der Waals surface area contributed by atoms with Crippen LogP contribution in [0, 0.1) is 0 Å². The van der Waals surface area contributed by atoms with Crippen molar-refractivity contribution in [3.05, 3.63) is 176 Å². The number of fused-ring (bicyclic) bond motifs is 10. The molecule has 3 heterocycles. The number of hydrogen-bond acceptors (Lipinski definition) is 5. The Labute approximate surface area is 320 Å². The Kier molecular flexibility index (Phi) is 6.56. The minimum atomic E-state index is 0.604. The lowest BCUT2D eigenvalue weighted by molar-refractivity contribution is 0.668. The number of benzene rings is 9. The predicted molar refractivity (Wildman–Crippen MR) is 229 cm³/mol. The molecule has 5 heteroatoms. The van der Waals surface area contributed by atoms with Crippen molar-refractivity contribution in [1.29, 1.82) is 0 Å². The molecule has 0 atom stereocenters. The quantitative estimate of drug-likeness (QED) is 0.181. The fourth-order valence-electron chi connectivity index (χ4n) is 8.49. The van der Waals surface area contributed by atoms with Gasteiger partial charge in [0.1, 0.15) is 22.3 Å². The van der Waals surface area contributed by atoms with Gasteiger partial charge in [-0.05, 0) is 85.9 Å². The summed E-state index contributed by atoms with van der Waals surface area (Å²) in [7, 11) is 0. The molecule has 0 aliphatic rings. The molecule has 0 saturated carbocycles. The van der Waals surface area contributed by atoms with Gasteiger partial charge < -0.3 is 8.83 Å². The molecule has 0 radical (unpaired) electrons. The maximum atomic E-state index is 6.29. The van der Waals surface area contributed by atoms with E-state index in [4.69, 9.17) is 23.8 Å². The van der Waals surface area contributed by atoms with E-state index < -0.39 is 0 Å². The normalized spacial score (nSPS) is 11.9. The Hall–Kier alpha value is -7.63. The molecule has 0 saturated heterocycles. The first kappa shape index (κ1) is 30.8. The molecule has 0 aliphatic carbocycles. The molecule has 260 valence electrons. The number of para-hydroxylation sites is 2. The van der Waals surface area contributed by atoms with E-state index in [-0.39, 0.29) is 0 Å². The van der Waals surface area contributed by atoms with Crippen LogP contribution in [-0.2, 0) is 0 Å². The summed E-state index contributed by atoms with van der Waals surface area (Å²) in [6.07, 6.45) is 0. The largest absolute Gasteiger partial charge is 0.456 e. The monoisotopic (exact) mass is 715 g/mol. The molecule has 0 unspecified atom stereocenters. The SMILES string of the molecule is c1ccc2cc(-c3nc(-c4ccc5ccc6oc7ccccc7c6c5c4)nc(-c4ccc(-c5cccc6oc7ccccc7c56)c5ccccc45)n3)ccc2c1. The highest BCUT2D eigenvalue weighted by atomic mass is 16.3. The van der Waals surface area contributed by atoms with Crippen molar-refractivity contribution in [3.63, 3.8) is 0 Å². The van der Waals surface area contributed by atoms with Crippen molar-refractivity contribution in [2.24, 2.45) is 0 Å². The first-order valence-electron chi connectivity index (χ1n) is 18.8. The summed E-state index contributed by atoms with van der Waals surface area (Å²) in [5.41, 5.74) is 8.48. The molecule has 0 bridgehead atoms. The van der Waals surface area contributed by atoms with Gasteiger partial charge in [-0.2, -0.15) is 0 Å². The average molecular weight is 716 g/mol. The Morgan fingerprint density at radius 1 is 0.286 bits per heavy atom. The second-order valence-corrected chi connectivity index (χ2v) is 14.3. The molecule has 0 amide bonds. The predicted octanol–water partition coefficient (Wildman–Crippen LogP) is 13.8. The van der Waals surface area contributed by atoms with Gasteiger partial charge in [-0.25, -0.2) is 15.0 Å². The van der Waals surface area contributed by atoms with Gasteiger partial charge in [-0.1, -0.05) is 133 Å². The third kappa shape index (κ3) is 4.71. The molecule has 0 N–H and O–H groups in total. The van der Waals surface area contributed by atoms with Crippen LogP contribution in [0.4, 0.5) is 0 Å². The molecule has 12 aromatic rings. The number of furan rings is 2. The van der Waals surface area contributed by atoms with Crippen LogP contribution >= 0.6 is 0 Å². The molecule has 0 spiro atoms. The first-order valence-corrected chi connectivity index (χ1v) is 18.8. The Balaban J connectivity index is 1.10. The van der Waals surface area contributed by atoms with E-state index in [0.29, 0.717) is 17.5 Å². The van der Waals surface area contributed by atoms with Gasteiger partial charge in [0.25, 0.3) is 0 Å². The average Bonchev–Trinajstić information content (AvgIpc) is 3.84. The zero-order valence-corrected chi connectivity index (χ0v) is 29.9. The summed E-state index contributed by atoms with van der Waals surface area (Å²) in [4.78, 5) is 15.7. The molecular formula is C51H29N3O2. The topological polar surface area (TPSA) is 65.0 Å². The van der Waals surface area contributed by atoms with E-state index in [1.807, 2.05) is 30.3 Å². The van der Waals surface area contributed by atoms with E-state index in [1.165, 1.54) is 5.39 Å². The van der Waals surface area contributed by atoms with Gasteiger partial charge in [0.15, 0.2) is 17.5 Å². The van der Waals surface area contributed by atoms with Crippen molar-refractivity contribution in [1.82, 2.24) is 15.0 Å². The standard InChI is InChI=1S/C51H29N3O2/c1-2-11-32-28-33(22-20-30(32)10-1)49-52-50(34-23-21-31-24-27-46-48(42(31)29-34)41-15-6-8-18-44(41)56-46)54-51(53-49)39-26-25-37(35-12-3-4-13-36(35)39)38-16-9-19-45-47(38)40-14-5-7-17-43(40)55-45/h1-29H. The van der Waals surface area contributed by atoms with Crippen molar-refractivity contribution in [2.45, 2.75) is 0 Å². The van der Waals surface area contributed by atoms with Gasteiger partial charge in [-0.3, -0.25) is 0 Å². The smallest absolute Gasteiger partial charge is 0.164 e. The van der Waals surface area contributed by atoms with Crippen LogP contribution in [-0.4, -0.2) is 15.0 Å². The summed E-state index contributed by atoms with van der Waals surface area (Å²) >= 11 is 0. The van der Waals surface area contributed by atoms with Gasteiger partial charge >= 0.3 is 0 Å². The van der Waals surface area contributed by atoms with Crippen LogP contribution in [0.15, 0.2) is 185 Å². The molecule has 5 nitrogen and oxygen atoms in total. The summed E-state index contributed by atoms with van der Waals surface area (Å²) in [5.74, 6) is 1.83. The fourth-order valence-corrected chi connectivity index (χ4v) is 8.49. The second kappa shape index (κ2) is 11.9. The number of hydrogen-bond donors (Lipinski definition) is 0. The van der Waals surface area contributed by atoms with Crippen LogP contribution < -0.4 is 0 Å². The third-order valence-electron chi connectivity index (χ3n) is 11.1. The molecule has 56 heavy (non-hydrogen) atoms. The maximum absolute atomic E-state index is 6.29. The van der Waals surface area contributed by atoms with Crippen LogP contribution in [0.2, 0.25) is 0 Å². The number of aromatic nitrogens is 3. The lowest BCUT2D eigenvalue weighted by atomic mass is 9.92. The zero-order valence-electron chi connectivity index (χ0n) is 29.9. The molecule has 9 aromatic carbocycles. The van der Waals surface area contributed by atoms with Crippen LogP contribution in [0.1, 0.15) is 0 Å². The van der Waals surface area contributed by atoms with E-state index in [9.17, 15) is 0 Å². The Bertz CT molecular complexity index is 3560. The van der Waals surface area contributed by atoms with Crippen molar-refractivity contribution >= 4 is 76.2 Å². The lowest BCUT2D eigenvalue weighted by Crippen LogP contribution is -2.01. The minimum Gasteiger partial charge on any atom is -0.456 e. The molecular weight excluding hydrogens is 687 g/mol. The van der Waals surface area contributed by atoms with Crippen molar-refractivity contribution < 1.29 is 8.83 Å². The Morgan fingerprint density at radius 3 is 1.59 bits per heavy atom. The third-order valence-corrected chi connectivity index (χ3v) is 11.1. The second-order valence-electron chi connectivity index (χ2n) is 14.3. The van der Waals surface area contributed by atoms with Crippen molar-refractivity contribution in [3.8, 4) is 45.3 Å². The summed E-state index contributed by atoms with van der Waals surface area (Å²) in [6.45, 7) is 0. The summed E-state index contributed by atoms with van der Waals surface area (Å²) in [6, 6.07) is 61.0. The van der Waals surface area contributed by atoms with Crippen LogP contribution in [0.3, 0.4) is 0 Å². The van der Waals surface area contributed by atoms with Crippen LogP contribution in [0.25, 0.3) is 121 Å². The fraction of sp³-hybridized carbons (Fsp3) is 0. The summed E-state index contributed by atoms with van der Waals surface area (Å²) < 4.78 is 12.6. The zero-order chi connectivity index (χ0) is 36.7. The van der Waals surface area contributed by atoms with Gasteiger partial charge in [-0.15, -0.1) is 0 Å². The van der Waals surface area contributed by atoms with E-state index in [0.717, 1.165) is 98.6 Å². The molecule has 3 aromatic heterocycles. The van der Waals surface area contributed by atoms with Crippen molar-refractivity contribution in [2.75, 3.05) is 0 Å². The highest BCUT2D eigenvalue weighted by molar-refractivity contribution is 6.19.